The van der Waals surface area contributed by atoms with Crippen LogP contribution < -0.4 is 15.2 Å². The number of hydrogen-bond acceptors (Lipinski definition) is 7. The van der Waals surface area contributed by atoms with E-state index in [-0.39, 0.29) is 23.9 Å². The molecule has 1 saturated heterocycles. The first-order chi connectivity index (χ1) is 16.9. The molecule has 0 radical (unpaired) electrons. The SMILES string of the molecule is [C-]#[N+]c1ccc2c(n1)c(N1CC[C@H](OCc3ccc(OC(C)C)cn3)[C@@H](OCC)C1)cc(=O)n2C. The highest BCUT2D eigenvalue weighted by Gasteiger charge is 2.32. The zero-order valence-electron chi connectivity index (χ0n) is 20.6. The van der Waals surface area contributed by atoms with Gasteiger partial charge in [0.05, 0.1) is 41.9 Å². The Hall–Kier alpha value is -3.48. The van der Waals surface area contributed by atoms with Crippen molar-refractivity contribution in [2.45, 2.75) is 52.1 Å². The summed E-state index contributed by atoms with van der Waals surface area (Å²) in [5, 5.41) is 0. The van der Waals surface area contributed by atoms with Gasteiger partial charge in [-0.05, 0) is 51.5 Å². The first kappa shape index (κ1) is 24.6. The summed E-state index contributed by atoms with van der Waals surface area (Å²) in [4.78, 5) is 27.2. The van der Waals surface area contributed by atoms with Gasteiger partial charge in [0.1, 0.15) is 11.9 Å². The van der Waals surface area contributed by atoms with Crippen molar-refractivity contribution >= 4 is 22.5 Å². The average Bonchev–Trinajstić information content (AvgIpc) is 2.86. The molecule has 0 bridgehead atoms. The molecule has 0 spiro atoms. The largest absolute Gasteiger partial charge is 0.489 e. The predicted molar refractivity (Wildman–Crippen MR) is 134 cm³/mol. The van der Waals surface area contributed by atoms with E-state index in [0.717, 1.165) is 23.6 Å². The minimum atomic E-state index is -0.180. The fraction of sp³-hybridized carbons (Fsp3) is 0.462. The molecule has 1 aliphatic heterocycles. The molecule has 3 aromatic heterocycles. The standard InChI is InChI=1S/C26H31N5O4/c1-6-33-23-15-31(21-13-25(32)30(5)20-9-10-24(27-4)29-26(20)21)12-11-22(23)34-16-18-7-8-19(14-28-18)35-17(2)3/h7-10,13-14,17,22-23H,6,11-12,15-16H2,1-3,5H3/t22-,23-/m0/s1. The minimum Gasteiger partial charge on any atom is -0.489 e. The third-order valence-corrected chi connectivity index (χ3v) is 6.00. The van der Waals surface area contributed by atoms with Crippen LogP contribution in [0, 0.1) is 6.57 Å². The number of ether oxygens (including phenoxy) is 3. The Labute approximate surface area is 205 Å². The second-order valence-electron chi connectivity index (χ2n) is 8.81. The summed E-state index contributed by atoms with van der Waals surface area (Å²) in [5.74, 6) is 1.04. The van der Waals surface area contributed by atoms with Gasteiger partial charge in [-0.15, -0.1) is 4.98 Å². The number of aryl methyl sites for hydroxylation is 1. The number of piperidine rings is 1. The lowest BCUT2D eigenvalue weighted by Crippen LogP contribution is -2.49. The summed E-state index contributed by atoms with van der Waals surface area (Å²) in [6.45, 7) is 15.4. The Balaban J connectivity index is 1.51. The fourth-order valence-corrected chi connectivity index (χ4v) is 4.31. The Morgan fingerprint density at radius 3 is 2.71 bits per heavy atom. The maximum absolute atomic E-state index is 12.6. The van der Waals surface area contributed by atoms with Crippen molar-refractivity contribution in [1.29, 1.82) is 0 Å². The molecule has 0 unspecified atom stereocenters. The maximum atomic E-state index is 12.6. The highest BCUT2D eigenvalue weighted by Crippen LogP contribution is 2.29. The van der Waals surface area contributed by atoms with Crippen molar-refractivity contribution < 1.29 is 14.2 Å². The zero-order chi connectivity index (χ0) is 24.9. The second-order valence-corrected chi connectivity index (χ2v) is 8.81. The number of nitrogens with zero attached hydrogens (tertiary/aromatic N) is 5. The van der Waals surface area contributed by atoms with Gasteiger partial charge in [0.15, 0.2) is 0 Å². The molecule has 9 heteroatoms. The van der Waals surface area contributed by atoms with E-state index >= 15 is 0 Å². The molecule has 35 heavy (non-hydrogen) atoms. The highest BCUT2D eigenvalue weighted by atomic mass is 16.5. The number of hydrogen-bond donors (Lipinski definition) is 0. The molecule has 2 atom stereocenters. The Kier molecular flexibility index (Phi) is 7.63. The van der Waals surface area contributed by atoms with Crippen LogP contribution in [-0.4, -0.2) is 52.5 Å². The highest BCUT2D eigenvalue weighted by molar-refractivity contribution is 5.89. The number of rotatable bonds is 8. The molecule has 4 heterocycles. The van der Waals surface area contributed by atoms with Crippen LogP contribution in [0.25, 0.3) is 15.9 Å². The van der Waals surface area contributed by atoms with Crippen molar-refractivity contribution in [1.82, 2.24) is 14.5 Å². The van der Waals surface area contributed by atoms with Crippen molar-refractivity contribution in [2.75, 3.05) is 24.6 Å². The molecule has 0 aliphatic carbocycles. The van der Waals surface area contributed by atoms with Gasteiger partial charge >= 0.3 is 0 Å². The summed E-state index contributed by atoms with van der Waals surface area (Å²) in [7, 11) is 1.71. The Morgan fingerprint density at radius 1 is 1.20 bits per heavy atom. The fourth-order valence-electron chi connectivity index (χ4n) is 4.31. The van der Waals surface area contributed by atoms with E-state index in [1.165, 1.54) is 0 Å². The van der Waals surface area contributed by atoms with Crippen LogP contribution in [0.15, 0.2) is 41.3 Å². The van der Waals surface area contributed by atoms with Crippen LogP contribution in [0.1, 0.15) is 32.9 Å². The summed E-state index contributed by atoms with van der Waals surface area (Å²) in [5.41, 5.74) is 2.77. The Bertz CT molecular complexity index is 1270. The first-order valence-corrected chi connectivity index (χ1v) is 11.9. The molecule has 0 N–H and O–H groups in total. The molecular formula is C26H31N5O4. The topological polar surface area (TPSA) is 83.1 Å². The van der Waals surface area contributed by atoms with Crippen molar-refractivity contribution in [3.63, 3.8) is 0 Å². The Morgan fingerprint density at radius 2 is 2.03 bits per heavy atom. The minimum absolute atomic E-state index is 0.0983. The third-order valence-electron chi connectivity index (χ3n) is 6.00. The lowest BCUT2D eigenvalue weighted by Gasteiger charge is -2.39. The van der Waals surface area contributed by atoms with Gasteiger partial charge in [-0.25, -0.2) is 0 Å². The van der Waals surface area contributed by atoms with E-state index in [0.29, 0.717) is 43.2 Å². The molecule has 4 rings (SSSR count). The molecular weight excluding hydrogens is 446 g/mol. The smallest absolute Gasteiger partial charge is 0.270 e. The van der Waals surface area contributed by atoms with Gasteiger partial charge in [0.2, 0.25) is 5.52 Å². The van der Waals surface area contributed by atoms with Crippen LogP contribution in [0.2, 0.25) is 0 Å². The van der Waals surface area contributed by atoms with Gasteiger partial charge in [-0.3, -0.25) is 9.78 Å². The summed E-state index contributed by atoms with van der Waals surface area (Å²) >= 11 is 0. The van der Waals surface area contributed by atoms with Gasteiger partial charge in [-0.2, -0.15) is 0 Å². The predicted octanol–water partition coefficient (Wildman–Crippen LogP) is 3.87. The lowest BCUT2D eigenvalue weighted by molar-refractivity contribution is -0.0842. The molecule has 1 aliphatic rings. The maximum Gasteiger partial charge on any atom is 0.270 e. The molecule has 3 aromatic rings. The van der Waals surface area contributed by atoms with Crippen LogP contribution in [0.5, 0.6) is 5.75 Å². The van der Waals surface area contributed by atoms with Gasteiger partial charge in [-0.1, -0.05) is 6.57 Å². The van der Waals surface area contributed by atoms with E-state index in [4.69, 9.17) is 20.8 Å². The number of anilines is 1. The van der Waals surface area contributed by atoms with E-state index in [1.807, 2.05) is 32.9 Å². The van der Waals surface area contributed by atoms with Crippen LogP contribution in [0.4, 0.5) is 11.5 Å². The summed E-state index contributed by atoms with van der Waals surface area (Å²) in [6.07, 6.45) is 2.25. The summed E-state index contributed by atoms with van der Waals surface area (Å²) in [6, 6.07) is 8.82. The van der Waals surface area contributed by atoms with Crippen molar-refractivity contribution in [3.05, 3.63) is 64.0 Å². The average molecular weight is 478 g/mol. The zero-order valence-corrected chi connectivity index (χ0v) is 20.6. The van der Waals surface area contributed by atoms with Gasteiger partial charge in [0.25, 0.3) is 11.4 Å². The monoisotopic (exact) mass is 477 g/mol. The third kappa shape index (κ3) is 5.61. The second kappa shape index (κ2) is 10.8. The number of aromatic nitrogens is 3. The van der Waals surface area contributed by atoms with E-state index in [9.17, 15) is 4.79 Å². The first-order valence-electron chi connectivity index (χ1n) is 11.9. The van der Waals surface area contributed by atoms with E-state index < -0.39 is 0 Å². The molecule has 0 saturated carbocycles. The van der Waals surface area contributed by atoms with Crippen molar-refractivity contribution in [2.24, 2.45) is 7.05 Å². The number of pyridine rings is 3. The molecule has 0 amide bonds. The van der Waals surface area contributed by atoms with Crippen molar-refractivity contribution in [3.8, 4) is 5.75 Å². The quantitative estimate of drug-likeness (QED) is 0.456. The normalized spacial score (nSPS) is 18.1. The molecule has 0 aromatic carbocycles. The molecule has 184 valence electrons. The van der Waals surface area contributed by atoms with E-state index in [1.54, 1.807) is 36.0 Å². The lowest BCUT2D eigenvalue weighted by atomic mass is 10.0. The summed E-state index contributed by atoms with van der Waals surface area (Å²) < 4.78 is 19.5. The van der Waals surface area contributed by atoms with Crippen LogP contribution in [0.3, 0.4) is 0 Å². The number of fused-ring (bicyclic) bond motifs is 1. The van der Waals surface area contributed by atoms with Crippen LogP contribution >= 0.6 is 0 Å². The van der Waals surface area contributed by atoms with Gasteiger partial charge < -0.3 is 28.5 Å². The van der Waals surface area contributed by atoms with Gasteiger partial charge in [0, 0.05) is 32.8 Å². The van der Waals surface area contributed by atoms with Crippen LogP contribution in [-0.2, 0) is 23.1 Å². The molecule has 9 nitrogen and oxygen atoms in total. The molecule has 1 fully saturated rings. The van der Waals surface area contributed by atoms with E-state index in [2.05, 4.69) is 19.7 Å².